The number of benzene rings is 1. The van der Waals surface area contributed by atoms with Gasteiger partial charge in [-0.15, -0.1) is 0 Å². The summed E-state index contributed by atoms with van der Waals surface area (Å²) >= 11 is 0. The predicted molar refractivity (Wildman–Crippen MR) is 99.4 cm³/mol. The average molecular weight is 342 g/mol. The zero-order valence-electron chi connectivity index (χ0n) is 15.3. The summed E-state index contributed by atoms with van der Waals surface area (Å²) in [7, 11) is 1.80. The van der Waals surface area contributed by atoms with Gasteiger partial charge in [0.25, 0.3) is 5.91 Å². The first-order valence-electron chi connectivity index (χ1n) is 8.61. The van der Waals surface area contributed by atoms with Gasteiger partial charge in [0.2, 0.25) is 5.95 Å². The fourth-order valence-corrected chi connectivity index (χ4v) is 2.24. The minimum absolute atomic E-state index is 0.0600. The summed E-state index contributed by atoms with van der Waals surface area (Å²) in [5, 5.41) is 3.11. The fraction of sp³-hybridized carbons (Fsp3) is 0.421. The Morgan fingerprint density at radius 1 is 1.20 bits per heavy atom. The maximum atomic E-state index is 12.3. The van der Waals surface area contributed by atoms with Crippen molar-refractivity contribution in [3.05, 3.63) is 42.2 Å². The first-order valence-corrected chi connectivity index (χ1v) is 8.61. The molecule has 1 heterocycles. The van der Waals surface area contributed by atoms with E-state index in [0.29, 0.717) is 11.5 Å². The third-order valence-corrected chi connectivity index (χ3v) is 3.57. The molecule has 0 atom stereocenters. The third-order valence-electron chi connectivity index (χ3n) is 3.57. The molecular formula is C19H26N4O2. The highest BCUT2D eigenvalue weighted by molar-refractivity contribution is 5.93. The van der Waals surface area contributed by atoms with Crippen molar-refractivity contribution in [2.75, 3.05) is 18.9 Å². The molecule has 25 heavy (non-hydrogen) atoms. The minimum atomic E-state index is -0.0600. The zero-order valence-corrected chi connectivity index (χ0v) is 15.3. The average Bonchev–Trinajstić information content (AvgIpc) is 2.61. The molecule has 0 radical (unpaired) electrons. The van der Waals surface area contributed by atoms with E-state index in [2.05, 4.69) is 22.2 Å². The van der Waals surface area contributed by atoms with Gasteiger partial charge in [-0.2, -0.15) is 0 Å². The molecule has 2 aromatic rings. The molecule has 2 rings (SSSR count). The number of nitrogens with zero attached hydrogens (tertiary/aromatic N) is 3. The van der Waals surface area contributed by atoms with Gasteiger partial charge in [-0.25, -0.2) is 9.97 Å². The number of rotatable bonds is 8. The van der Waals surface area contributed by atoms with Crippen molar-refractivity contribution >= 4 is 17.5 Å². The molecule has 0 aliphatic carbocycles. The van der Waals surface area contributed by atoms with Gasteiger partial charge in [0.05, 0.1) is 11.7 Å². The Kier molecular flexibility index (Phi) is 6.74. The van der Waals surface area contributed by atoms with Gasteiger partial charge < -0.3 is 15.0 Å². The van der Waals surface area contributed by atoms with Crippen molar-refractivity contribution in [2.24, 2.45) is 0 Å². The molecule has 0 saturated carbocycles. The monoisotopic (exact) mass is 342 g/mol. The molecule has 134 valence electrons. The number of carbonyl (C=O) groups excluding carboxylic acids is 1. The quantitative estimate of drug-likeness (QED) is 0.788. The summed E-state index contributed by atoms with van der Waals surface area (Å²) in [6, 6.07) is 7.59. The molecule has 6 heteroatoms. The second kappa shape index (κ2) is 9.01. The van der Waals surface area contributed by atoms with Crippen LogP contribution >= 0.6 is 0 Å². The number of amides is 1. The number of ether oxygens (including phenoxy) is 1. The van der Waals surface area contributed by atoms with E-state index in [4.69, 9.17) is 4.74 Å². The molecule has 1 N–H and O–H groups in total. The Balaban J connectivity index is 1.97. The fourth-order valence-electron chi connectivity index (χ4n) is 2.24. The number of hydrogen-bond acceptors (Lipinski definition) is 5. The molecule has 0 saturated heterocycles. The van der Waals surface area contributed by atoms with Crippen LogP contribution in [0.1, 0.15) is 44.0 Å². The van der Waals surface area contributed by atoms with E-state index in [1.165, 1.54) is 0 Å². The van der Waals surface area contributed by atoms with Crippen LogP contribution in [0.25, 0.3) is 0 Å². The molecule has 0 bridgehead atoms. The van der Waals surface area contributed by atoms with E-state index in [1.807, 2.05) is 38.1 Å². The normalized spacial score (nSPS) is 10.6. The summed E-state index contributed by atoms with van der Waals surface area (Å²) in [4.78, 5) is 22.4. The molecule has 1 amide bonds. The molecule has 0 spiro atoms. The molecular weight excluding hydrogens is 316 g/mol. The molecule has 0 aliphatic rings. The maximum absolute atomic E-state index is 12.3. The smallest absolute Gasteiger partial charge is 0.256 e. The Labute approximate surface area is 149 Å². The van der Waals surface area contributed by atoms with Crippen LogP contribution in [0, 0.1) is 0 Å². The van der Waals surface area contributed by atoms with Crippen molar-refractivity contribution in [2.45, 2.75) is 39.7 Å². The lowest BCUT2D eigenvalue weighted by Gasteiger charge is -2.16. The lowest BCUT2D eigenvalue weighted by Crippen LogP contribution is -2.27. The van der Waals surface area contributed by atoms with Crippen LogP contribution in [-0.4, -0.2) is 40.5 Å². The highest BCUT2D eigenvalue weighted by Gasteiger charge is 2.12. The summed E-state index contributed by atoms with van der Waals surface area (Å²) in [6.45, 7) is 6.81. The van der Waals surface area contributed by atoms with E-state index in [0.717, 1.165) is 30.8 Å². The topological polar surface area (TPSA) is 67.4 Å². The van der Waals surface area contributed by atoms with Gasteiger partial charge >= 0.3 is 0 Å². The summed E-state index contributed by atoms with van der Waals surface area (Å²) in [5.74, 6) is 1.21. The number of hydrogen-bond donors (Lipinski definition) is 1. The Morgan fingerprint density at radius 2 is 1.84 bits per heavy atom. The molecule has 1 aromatic heterocycles. The van der Waals surface area contributed by atoms with E-state index in [-0.39, 0.29) is 12.0 Å². The third kappa shape index (κ3) is 5.74. The van der Waals surface area contributed by atoms with Gasteiger partial charge in [0.1, 0.15) is 5.75 Å². The van der Waals surface area contributed by atoms with Gasteiger partial charge in [-0.3, -0.25) is 4.79 Å². The Morgan fingerprint density at radius 3 is 2.40 bits per heavy atom. The summed E-state index contributed by atoms with van der Waals surface area (Å²) in [6.07, 6.45) is 5.28. The maximum Gasteiger partial charge on any atom is 0.256 e. The van der Waals surface area contributed by atoms with Gasteiger partial charge in [0.15, 0.2) is 0 Å². The first kappa shape index (κ1) is 18.7. The van der Waals surface area contributed by atoms with E-state index < -0.39 is 0 Å². The lowest BCUT2D eigenvalue weighted by atomic mass is 10.2. The molecule has 6 nitrogen and oxygen atoms in total. The van der Waals surface area contributed by atoms with Crippen LogP contribution < -0.4 is 10.1 Å². The Bertz CT molecular complexity index is 669. The number of nitrogens with one attached hydrogen (secondary N) is 1. The second-order valence-electron chi connectivity index (χ2n) is 6.19. The lowest BCUT2D eigenvalue weighted by molar-refractivity contribution is 0.0792. The van der Waals surface area contributed by atoms with E-state index in [9.17, 15) is 4.79 Å². The van der Waals surface area contributed by atoms with E-state index >= 15 is 0 Å². The van der Waals surface area contributed by atoms with Crippen molar-refractivity contribution in [3.63, 3.8) is 0 Å². The highest BCUT2D eigenvalue weighted by atomic mass is 16.5. The minimum Gasteiger partial charge on any atom is -0.491 e. The zero-order chi connectivity index (χ0) is 18.2. The number of anilines is 2. The van der Waals surface area contributed by atoms with Crippen LogP contribution in [0.5, 0.6) is 5.75 Å². The van der Waals surface area contributed by atoms with Crippen LogP contribution in [0.3, 0.4) is 0 Å². The largest absolute Gasteiger partial charge is 0.491 e. The van der Waals surface area contributed by atoms with Crippen LogP contribution in [-0.2, 0) is 0 Å². The molecule has 0 aliphatic heterocycles. The second-order valence-corrected chi connectivity index (χ2v) is 6.19. The van der Waals surface area contributed by atoms with Crippen molar-refractivity contribution < 1.29 is 9.53 Å². The van der Waals surface area contributed by atoms with Gasteiger partial charge in [0, 0.05) is 31.7 Å². The summed E-state index contributed by atoms with van der Waals surface area (Å²) in [5.41, 5.74) is 1.35. The summed E-state index contributed by atoms with van der Waals surface area (Å²) < 4.78 is 5.61. The van der Waals surface area contributed by atoms with Gasteiger partial charge in [-0.05, 0) is 44.5 Å². The first-order chi connectivity index (χ1) is 12.0. The van der Waals surface area contributed by atoms with Crippen molar-refractivity contribution in [1.29, 1.82) is 0 Å². The van der Waals surface area contributed by atoms with Gasteiger partial charge in [-0.1, -0.05) is 13.3 Å². The highest BCUT2D eigenvalue weighted by Crippen LogP contribution is 2.19. The number of carbonyl (C=O) groups is 1. The van der Waals surface area contributed by atoms with Crippen LogP contribution in [0.15, 0.2) is 36.7 Å². The van der Waals surface area contributed by atoms with Crippen LogP contribution in [0.2, 0.25) is 0 Å². The standard InChI is InChI=1S/C19H26N4O2/c1-5-6-11-23(4)18(24)15-12-20-19(21-13-15)22-16-7-9-17(10-8-16)25-14(2)3/h7-10,12-14H,5-6,11H2,1-4H3,(H,20,21,22). The Hall–Kier alpha value is -2.63. The van der Waals surface area contributed by atoms with Crippen LogP contribution in [0.4, 0.5) is 11.6 Å². The SMILES string of the molecule is CCCCN(C)C(=O)c1cnc(Nc2ccc(OC(C)C)cc2)nc1. The predicted octanol–water partition coefficient (Wildman–Crippen LogP) is 3.88. The van der Waals surface area contributed by atoms with Crippen molar-refractivity contribution in [1.82, 2.24) is 14.9 Å². The number of aromatic nitrogens is 2. The molecule has 0 fully saturated rings. The molecule has 0 unspecified atom stereocenters. The van der Waals surface area contributed by atoms with E-state index in [1.54, 1.807) is 24.3 Å². The number of unbranched alkanes of at least 4 members (excludes halogenated alkanes) is 1. The van der Waals surface area contributed by atoms with Crippen molar-refractivity contribution in [3.8, 4) is 5.75 Å². The molecule has 1 aromatic carbocycles.